The highest BCUT2D eigenvalue weighted by molar-refractivity contribution is 5.89. The molecular formula is C16H22N2O2. The molecule has 2 unspecified atom stereocenters. The maximum absolute atomic E-state index is 11.6. The number of hydrogen-bond donors (Lipinski definition) is 1. The highest BCUT2D eigenvalue weighted by Crippen LogP contribution is 2.26. The number of nitrogens with zero attached hydrogens (tertiary/aromatic N) is 1. The second kappa shape index (κ2) is 5.94. The van der Waals surface area contributed by atoms with Crippen LogP contribution in [0.3, 0.4) is 0 Å². The maximum atomic E-state index is 11.6. The van der Waals surface area contributed by atoms with Gasteiger partial charge in [0.15, 0.2) is 0 Å². The highest BCUT2D eigenvalue weighted by Gasteiger charge is 2.33. The van der Waals surface area contributed by atoms with Crippen LogP contribution in [0.15, 0.2) is 24.3 Å². The molecule has 4 nitrogen and oxygen atoms in total. The van der Waals surface area contributed by atoms with Crippen molar-refractivity contribution in [3.63, 3.8) is 0 Å². The summed E-state index contributed by atoms with van der Waals surface area (Å²) in [6.45, 7) is 4.36. The van der Waals surface area contributed by atoms with Crippen LogP contribution in [-0.2, 0) is 11.3 Å². The van der Waals surface area contributed by atoms with Crippen molar-refractivity contribution < 1.29 is 9.53 Å². The Morgan fingerprint density at radius 2 is 2.35 bits per heavy atom. The minimum Gasteiger partial charge on any atom is -0.465 e. The number of methoxy groups -OCH3 is 1. The minimum absolute atomic E-state index is 0.261. The molecule has 108 valence electrons. The molecule has 2 saturated heterocycles. The molecule has 0 aliphatic carbocycles. The van der Waals surface area contributed by atoms with E-state index in [2.05, 4.69) is 16.3 Å². The lowest BCUT2D eigenvalue weighted by Gasteiger charge is -2.24. The maximum Gasteiger partial charge on any atom is 0.337 e. The summed E-state index contributed by atoms with van der Waals surface area (Å²) in [5.41, 5.74) is 1.83. The summed E-state index contributed by atoms with van der Waals surface area (Å²) in [4.78, 5) is 14.1. The lowest BCUT2D eigenvalue weighted by Crippen LogP contribution is -2.40. The first-order valence-electron chi connectivity index (χ1n) is 7.39. The molecule has 1 aromatic rings. The van der Waals surface area contributed by atoms with E-state index in [0.29, 0.717) is 11.6 Å². The van der Waals surface area contributed by atoms with E-state index in [1.54, 1.807) is 6.07 Å². The molecule has 0 aromatic heterocycles. The summed E-state index contributed by atoms with van der Waals surface area (Å²) >= 11 is 0. The van der Waals surface area contributed by atoms with Gasteiger partial charge in [-0.2, -0.15) is 0 Å². The zero-order chi connectivity index (χ0) is 13.9. The summed E-state index contributed by atoms with van der Waals surface area (Å²) in [6, 6.07) is 8.43. The van der Waals surface area contributed by atoms with Crippen LogP contribution in [-0.4, -0.2) is 43.7 Å². The number of fused-ring (bicyclic) bond motifs is 1. The van der Waals surface area contributed by atoms with Crippen molar-refractivity contribution in [2.24, 2.45) is 5.92 Å². The number of esters is 1. The Morgan fingerprint density at radius 3 is 3.15 bits per heavy atom. The summed E-state index contributed by atoms with van der Waals surface area (Å²) in [5, 5.41) is 3.62. The summed E-state index contributed by atoms with van der Waals surface area (Å²) in [5.74, 6) is 0.538. The van der Waals surface area contributed by atoms with Crippen molar-refractivity contribution in [3.8, 4) is 0 Å². The van der Waals surface area contributed by atoms with E-state index >= 15 is 0 Å². The largest absolute Gasteiger partial charge is 0.465 e. The van der Waals surface area contributed by atoms with E-state index in [1.807, 2.05) is 12.1 Å². The SMILES string of the molecule is COC(=O)c1cccc(CN2CC3CCCNC3C2)c1. The van der Waals surface area contributed by atoms with E-state index < -0.39 is 0 Å². The Balaban J connectivity index is 1.65. The van der Waals surface area contributed by atoms with Crippen LogP contribution < -0.4 is 5.32 Å². The molecule has 2 heterocycles. The Labute approximate surface area is 120 Å². The van der Waals surface area contributed by atoms with Gasteiger partial charge in [-0.25, -0.2) is 4.79 Å². The van der Waals surface area contributed by atoms with Gasteiger partial charge in [-0.15, -0.1) is 0 Å². The number of rotatable bonds is 3. The molecule has 2 fully saturated rings. The predicted octanol–water partition coefficient (Wildman–Crippen LogP) is 1.66. The number of carbonyl (C=O) groups excluding carboxylic acids is 1. The van der Waals surface area contributed by atoms with Crippen LogP contribution >= 0.6 is 0 Å². The fraction of sp³-hybridized carbons (Fsp3) is 0.562. The first-order chi connectivity index (χ1) is 9.76. The van der Waals surface area contributed by atoms with E-state index in [-0.39, 0.29) is 5.97 Å². The Hall–Kier alpha value is -1.39. The third-order valence-electron chi connectivity index (χ3n) is 4.43. The zero-order valence-corrected chi connectivity index (χ0v) is 12.0. The monoisotopic (exact) mass is 274 g/mol. The average Bonchev–Trinajstić information content (AvgIpc) is 2.88. The molecule has 1 aromatic carbocycles. The van der Waals surface area contributed by atoms with Gasteiger partial charge in [-0.3, -0.25) is 4.90 Å². The van der Waals surface area contributed by atoms with E-state index in [4.69, 9.17) is 4.74 Å². The fourth-order valence-corrected chi connectivity index (χ4v) is 3.44. The van der Waals surface area contributed by atoms with Crippen LogP contribution in [0, 0.1) is 5.92 Å². The third kappa shape index (κ3) is 2.86. The topological polar surface area (TPSA) is 41.6 Å². The van der Waals surface area contributed by atoms with Gasteiger partial charge in [-0.05, 0) is 43.0 Å². The summed E-state index contributed by atoms with van der Waals surface area (Å²) < 4.78 is 4.78. The Morgan fingerprint density at radius 1 is 1.45 bits per heavy atom. The molecule has 0 saturated carbocycles. The van der Waals surface area contributed by atoms with E-state index in [1.165, 1.54) is 32.1 Å². The van der Waals surface area contributed by atoms with Crippen molar-refractivity contribution in [1.82, 2.24) is 10.2 Å². The molecule has 4 heteroatoms. The number of likely N-dealkylation sites (tertiary alicyclic amines) is 1. The fourth-order valence-electron chi connectivity index (χ4n) is 3.44. The number of carbonyl (C=O) groups is 1. The molecule has 2 aliphatic rings. The number of hydrogen-bond acceptors (Lipinski definition) is 4. The lowest BCUT2D eigenvalue weighted by molar-refractivity contribution is 0.0600. The van der Waals surface area contributed by atoms with Crippen molar-refractivity contribution in [1.29, 1.82) is 0 Å². The van der Waals surface area contributed by atoms with Gasteiger partial charge < -0.3 is 10.1 Å². The quantitative estimate of drug-likeness (QED) is 0.851. The first-order valence-corrected chi connectivity index (χ1v) is 7.39. The van der Waals surface area contributed by atoms with Gasteiger partial charge in [0, 0.05) is 25.7 Å². The normalized spacial score (nSPS) is 26.2. The molecule has 20 heavy (non-hydrogen) atoms. The Kier molecular flexibility index (Phi) is 4.03. The van der Waals surface area contributed by atoms with Crippen LogP contribution in [0.2, 0.25) is 0 Å². The molecule has 0 bridgehead atoms. The number of ether oxygens (including phenoxy) is 1. The second-order valence-electron chi connectivity index (χ2n) is 5.85. The summed E-state index contributed by atoms with van der Waals surface area (Å²) in [7, 11) is 1.42. The lowest BCUT2D eigenvalue weighted by atomic mass is 9.94. The zero-order valence-electron chi connectivity index (χ0n) is 12.0. The molecular weight excluding hydrogens is 252 g/mol. The molecule has 0 amide bonds. The number of piperidine rings is 1. The average molecular weight is 274 g/mol. The van der Waals surface area contributed by atoms with Gasteiger partial charge in [0.1, 0.15) is 0 Å². The van der Waals surface area contributed by atoms with Gasteiger partial charge in [0.05, 0.1) is 12.7 Å². The molecule has 3 rings (SSSR count). The van der Waals surface area contributed by atoms with Gasteiger partial charge in [-0.1, -0.05) is 12.1 Å². The standard InChI is InChI=1S/C16H22N2O2/c1-20-16(19)13-5-2-4-12(8-13)9-18-10-14-6-3-7-17-15(14)11-18/h2,4-5,8,14-15,17H,3,6-7,9-11H2,1H3. The predicted molar refractivity (Wildman–Crippen MR) is 77.6 cm³/mol. The van der Waals surface area contributed by atoms with Gasteiger partial charge in [0.25, 0.3) is 0 Å². The second-order valence-corrected chi connectivity index (χ2v) is 5.85. The van der Waals surface area contributed by atoms with E-state index in [9.17, 15) is 4.79 Å². The van der Waals surface area contributed by atoms with Gasteiger partial charge >= 0.3 is 5.97 Å². The molecule has 0 spiro atoms. The molecule has 2 atom stereocenters. The summed E-state index contributed by atoms with van der Waals surface area (Å²) in [6.07, 6.45) is 2.64. The van der Waals surface area contributed by atoms with Crippen molar-refractivity contribution in [2.75, 3.05) is 26.7 Å². The van der Waals surface area contributed by atoms with Gasteiger partial charge in [0.2, 0.25) is 0 Å². The number of benzene rings is 1. The smallest absolute Gasteiger partial charge is 0.337 e. The molecule has 1 N–H and O–H groups in total. The Bertz CT molecular complexity index is 475. The van der Waals surface area contributed by atoms with Crippen molar-refractivity contribution in [3.05, 3.63) is 35.4 Å². The highest BCUT2D eigenvalue weighted by atomic mass is 16.5. The molecule has 2 aliphatic heterocycles. The minimum atomic E-state index is -0.261. The van der Waals surface area contributed by atoms with Crippen molar-refractivity contribution >= 4 is 5.97 Å². The van der Waals surface area contributed by atoms with Crippen LogP contribution in [0.5, 0.6) is 0 Å². The first kappa shape index (κ1) is 13.6. The van der Waals surface area contributed by atoms with Crippen LogP contribution in [0.1, 0.15) is 28.8 Å². The van der Waals surface area contributed by atoms with Crippen LogP contribution in [0.4, 0.5) is 0 Å². The van der Waals surface area contributed by atoms with Crippen molar-refractivity contribution in [2.45, 2.75) is 25.4 Å². The third-order valence-corrected chi connectivity index (χ3v) is 4.43. The molecule has 0 radical (unpaired) electrons. The number of nitrogens with one attached hydrogen (secondary N) is 1. The van der Waals surface area contributed by atoms with E-state index in [0.717, 1.165) is 25.6 Å². The van der Waals surface area contributed by atoms with Crippen LogP contribution in [0.25, 0.3) is 0 Å².